The van der Waals surface area contributed by atoms with E-state index in [1.165, 1.54) is 6.07 Å². The number of aromatic amines is 1. The SMILES string of the molecule is CCNC(=O)Nc1ccc(-c2ccc(-c3ncc(C)[nH]3)c3c2CNC3=O)c(F)c1. The highest BCUT2D eigenvalue weighted by atomic mass is 19.1. The number of nitrogens with one attached hydrogen (secondary N) is 4. The molecule has 7 nitrogen and oxygen atoms in total. The van der Waals surface area contributed by atoms with Crippen LogP contribution in [0.5, 0.6) is 0 Å². The smallest absolute Gasteiger partial charge is 0.319 e. The molecule has 2 heterocycles. The van der Waals surface area contributed by atoms with Crippen LogP contribution in [0, 0.1) is 12.7 Å². The highest BCUT2D eigenvalue weighted by Crippen LogP contribution is 2.36. The van der Waals surface area contributed by atoms with E-state index in [9.17, 15) is 14.0 Å². The van der Waals surface area contributed by atoms with Crippen LogP contribution in [0.1, 0.15) is 28.5 Å². The van der Waals surface area contributed by atoms with Gasteiger partial charge in [-0.1, -0.05) is 6.07 Å². The van der Waals surface area contributed by atoms with Crippen molar-refractivity contribution in [3.63, 3.8) is 0 Å². The van der Waals surface area contributed by atoms with E-state index in [2.05, 4.69) is 25.9 Å². The zero-order chi connectivity index (χ0) is 20.5. The number of carbonyl (C=O) groups is 2. The fraction of sp³-hybridized carbons (Fsp3) is 0.190. The Hall–Kier alpha value is -3.68. The molecule has 4 N–H and O–H groups in total. The molecule has 0 radical (unpaired) electrons. The molecular weight excluding hydrogens is 373 g/mol. The zero-order valence-electron chi connectivity index (χ0n) is 16.0. The molecule has 1 aliphatic heterocycles. The van der Waals surface area contributed by atoms with Crippen LogP contribution in [0.2, 0.25) is 0 Å². The number of amides is 3. The maximum Gasteiger partial charge on any atom is 0.319 e. The van der Waals surface area contributed by atoms with Crippen LogP contribution in [0.15, 0.2) is 36.5 Å². The summed E-state index contributed by atoms with van der Waals surface area (Å²) in [4.78, 5) is 31.6. The zero-order valence-corrected chi connectivity index (χ0v) is 16.0. The van der Waals surface area contributed by atoms with Crippen molar-refractivity contribution in [1.82, 2.24) is 20.6 Å². The Morgan fingerprint density at radius 3 is 2.66 bits per heavy atom. The van der Waals surface area contributed by atoms with Crippen LogP contribution in [0.3, 0.4) is 0 Å². The molecule has 3 amide bonds. The molecule has 0 fully saturated rings. The third-order valence-corrected chi connectivity index (χ3v) is 4.78. The van der Waals surface area contributed by atoms with Crippen molar-refractivity contribution in [2.24, 2.45) is 0 Å². The number of H-pyrrole nitrogens is 1. The van der Waals surface area contributed by atoms with E-state index in [0.29, 0.717) is 46.9 Å². The minimum atomic E-state index is -0.484. The number of anilines is 1. The summed E-state index contributed by atoms with van der Waals surface area (Å²) >= 11 is 0. The Morgan fingerprint density at radius 1 is 1.21 bits per heavy atom. The third-order valence-electron chi connectivity index (χ3n) is 4.78. The van der Waals surface area contributed by atoms with E-state index in [0.717, 1.165) is 11.3 Å². The Morgan fingerprint density at radius 2 is 1.97 bits per heavy atom. The Kier molecular flexibility index (Phi) is 4.75. The predicted molar refractivity (Wildman–Crippen MR) is 108 cm³/mol. The van der Waals surface area contributed by atoms with Gasteiger partial charge in [-0.15, -0.1) is 0 Å². The summed E-state index contributed by atoms with van der Waals surface area (Å²) in [6.07, 6.45) is 1.70. The molecule has 0 aliphatic carbocycles. The van der Waals surface area contributed by atoms with Crippen LogP contribution >= 0.6 is 0 Å². The molecule has 3 aromatic rings. The number of urea groups is 1. The number of aryl methyl sites for hydroxylation is 1. The van der Waals surface area contributed by atoms with Gasteiger partial charge in [0.15, 0.2) is 0 Å². The van der Waals surface area contributed by atoms with Crippen LogP contribution in [0.4, 0.5) is 14.9 Å². The summed E-state index contributed by atoms with van der Waals surface area (Å²) < 4.78 is 14.9. The number of hydrogen-bond donors (Lipinski definition) is 4. The summed E-state index contributed by atoms with van der Waals surface area (Å²) in [6, 6.07) is 7.68. The lowest BCUT2D eigenvalue weighted by molar-refractivity contribution is 0.0966. The molecule has 0 saturated carbocycles. The van der Waals surface area contributed by atoms with Crippen LogP contribution in [0.25, 0.3) is 22.5 Å². The highest BCUT2D eigenvalue weighted by Gasteiger charge is 2.28. The summed E-state index contributed by atoms with van der Waals surface area (Å²) in [7, 11) is 0. The molecule has 148 valence electrons. The summed E-state index contributed by atoms with van der Waals surface area (Å²) in [5, 5.41) is 8.00. The maximum atomic E-state index is 14.9. The molecule has 2 aromatic carbocycles. The molecule has 4 rings (SSSR count). The molecule has 0 bridgehead atoms. The van der Waals surface area contributed by atoms with Gasteiger partial charge >= 0.3 is 6.03 Å². The molecule has 29 heavy (non-hydrogen) atoms. The summed E-state index contributed by atoms with van der Waals surface area (Å²) in [5.41, 5.74) is 4.14. The van der Waals surface area contributed by atoms with E-state index in [4.69, 9.17) is 0 Å². The number of rotatable bonds is 4. The lowest BCUT2D eigenvalue weighted by Gasteiger charge is -2.13. The first kappa shape index (κ1) is 18.7. The first-order valence-electron chi connectivity index (χ1n) is 9.28. The Labute approximate surface area is 166 Å². The number of hydrogen-bond acceptors (Lipinski definition) is 3. The van der Waals surface area contributed by atoms with Gasteiger partial charge in [0.1, 0.15) is 11.6 Å². The van der Waals surface area contributed by atoms with Crippen molar-refractivity contribution in [1.29, 1.82) is 0 Å². The number of imidazole rings is 1. The lowest BCUT2D eigenvalue weighted by atomic mass is 9.92. The van der Waals surface area contributed by atoms with Crippen molar-refractivity contribution >= 4 is 17.6 Å². The summed E-state index contributed by atoms with van der Waals surface area (Å²) in [6.45, 7) is 4.47. The molecule has 0 saturated heterocycles. The fourth-order valence-electron chi connectivity index (χ4n) is 3.49. The Balaban J connectivity index is 1.75. The number of halogens is 1. The molecular formula is C21H20FN5O2. The topological polar surface area (TPSA) is 98.9 Å². The van der Waals surface area contributed by atoms with Crippen molar-refractivity contribution in [3.8, 4) is 22.5 Å². The van der Waals surface area contributed by atoms with Gasteiger partial charge in [-0.25, -0.2) is 14.2 Å². The van der Waals surface area contributed by atoms with Crippen molar-refractivity contribution in [3.05, 3.63) is 59.2 Å². The minimum Gasteiger partial charge on any atom is -0.348 e. The molecule has 0 atom stereocenters. The number of carbonyl (C=O) groups excluding carboxylic acids is 2. The number of nitrogens with zero attached hydrogens (tertiary/aromatic N) is 1. The lowest BCUT2D eigenvalue weighted by Crippen LogP contribution is -2.28. The Bertz CT molecular complexity index is 1120. The largest absolute Gasteiger partial charge is 0.348 e. The standard InChI is InChI=1S/C21H20FN5O2/c1-3-23-21(29)27-12-4-5-14(17(22)8-12)13-6-7-15(19-24-9-11(2)26-19)18-16(13)10-25-20(18)28/h4-9H,3,10H2,1-2H3,(H,24,26)(H,25,28)(H2,23,27,29). The first-order valence-corrected chi connectivity index (χ1v) is 9.28. The van der Waals surface area contributed by atoms with Gasteiger partial charge in [0.2, 0.25) is 0 Å². The van der Waals surface area contributed by atoms with Gasteiger partial charge in [-0.05, 0) is 49.2 Å². The van der Waals surface area contributed by atoms with Crippen molar-refractivity contribution in [2.45, 2.75) is 20.4 Å². The number of fused-ring (bicyclic) bond motifs is 1. The molecule has 1 aliphatic rings. The molecule has 0 spiro atoms. The normalized spacial score (nSPS) is 12.4. The minimum absolute atomic E-state index is 0.208. The molecule has 0 unspecified atom stereocenters. The maximum absolute atomic E-state index is 14.9. The van der Waals surface area contributed by atoms with Crippen molar-refractivity contribution in [2.75, 3.05) is 11.9 Å². The fourth-order valence-corrected chi connectivity index (χ4v) is 3.49. The van der Waals surface area contributed by atoms with Gasteiger partial charge < -0.3 is 20.9 Å². The van der Waals surface area contributed by atoms with Crippen molar-refractivity contribution < 1.29 is 14.0 Å². The van der Waals surface area contributed by atoms with Gasteiger partial charge in [0, 0.05) is 41.8 Å². The average molecular weight is 393 g/mol. The van der Waals surface area contributed by atoms with Gasteiger partial charge in [0.05, 0.1) is 5.56 Å². The van der Waals surface area contributed by atoms with Crippen LogP contribution in [-0.2, 0) is 6.54 Å². The van der Waals surface area contributed by atoms with Crippen LogP contribution in [-0.4, -0.2) is 28.5 Å². The van der Waals surface area contributed by atoms with E-state index >= 15 is 0 Å². The second kappa shape index (κ2) is 7.38. The monoisotopic (exact) mass is 393 g/mol. The van der Waals surface area contributed by atoms with E-state index < -0.39 is 11.8 Å². The third kappa shape index (κ3) is 3.44. The molecule has 1 aromatic heterocycles. The van der Waals surface area contributed by atoms with E-state index in [1.54, 1.807) is 37.4 Å². The molecule has 8 heteroatoms. The van der Waals surface area contributed by atoms with Gasteiger partial charge in [-0.3, -0.25) is 4.79 Å². The second-order valence-corrected chi connectivity index (χ2v) is 6.79. The summed E-state index contributed by atoms with van der Waals surface area (Å²) in [5.74, 6) is -0.0902. The van der Waals surface area contributed by atoms with Crippen LogP contribution < -0.4 is 16.0 Å². The number of aromatic nitrogens is 2. The van der Waals surface area contributed by atoms with Gasteiger partial charge in [0.25, 0.3) is 5.91 Å². The average Bonchev–Trinajstić information content (AvgIpc) is 3.28. The number of benzene rings is 2. The van der Waals surface area contributed by atoms with Gasteiger partial charge in [-0.2, -0.15) is 0 Å². The first-order chi connectivity index (χ1) is 14.0. The second-order valence-electron chi connectivity index (χ2n) is 6.79. The predicted octanol–water partition coefficient (Wildman–Crippen LogP) is 3.58. The van der Waals surface area contributed by atoms with E-state index in [-0.39, 0.29) is 5.91 Å². The van der Waals surface area contributed by atoms with E-state index in [1.807, 2.05) is 6.92 Å². The quantitative estimate of drug-likeness (QED) is 0.545. The highest BCUT2D eigenvalue weighted by molar-refractivity contribution is 6.06.